The highest BCUT2D eigenvalue weighted by Crippen LogP contribution is 2.12. The van der Waals surface area contributed by atoms with E-state index in [4.69, 9.17) is 11.6 Å². The number of guanidine groups is 1. The minimum absolute atomic E-state index is 0.0950. The largest absolute Gasteiger partial charge is 0.357 e. The fourth-order valence-electron chi connectivity index (χ4n) is 2.36. The second-order valence-corrected chi connectivity index (χ2v) is 8.28. The van der Waals surface area contributed by atoms with Gasteiger partial charge in [0.2, 0.25) is 0 Å². The second-order valence-electron chi connectivity index (χ2n) is 5.74. The van der Waals surface area contributed by atoms with Crippen LogP contribution in [0.1, 0.15) is 18.9 Å². The van der Waals surface area contributed by atoms with Crippen molar-refractivity contribution >= 4 is 27.4 Å². The molecule has 0 amide bonds. The van der Waals surface area contributed by atoms with E-state index >= 15 is 0 Å². The maximum atomic E-state index is 12.3. The summed E-state index contributed by atoms with van der Waals surface area (Å²) < 4.78 is 24.5. The van der Waals surface area contributed by atoms with E-state index < -0.39 is 9.84 Å². The Morgan fingerprint density at radius 2 is 1.85 bits per heavy atom. The molecule has 0 aliphatic carbocycles. The molecule has 5 nitrogen and oxygen atoms in total. The van der Waals surface area contributed by atoms with Crippen molar-refractivity contribution in [3.63, 3.8) is 0 Å². The highest BCUT2D eigenvalue weighted by Gasteiger charge is 2.13. The van der Waals surface area contributed by atoms with E-state index in [-0.39, 0.29) is 5.75 Å². The summed E-state index contributed by atoms with van der Waals surface area (Å²) in [6.45, 7) is 3.73. The lowest BCUT2D eigenvalue weighted by molar-refractivity contribution is 0.592. The lowest BCUT2D eigenvalue weighted by Crippen LogP contribution is -2.38. The van der Waals surface area contributed by atoms with Gasteiger partial charge in [0.1, 0.15) is 0 Å². The Hall–Kier alpha value is -2.05. The maximum absolute atomic E-state index is 12.3. The first-order valence-electron chi connectivity index (χ1n) is 8.55. The van der Waals surface area contributed by atoms with E-state index in [2.05, 4.69) is 15.6 Å². The van der Waals surface area contributed by atoms with Gasteiger partial charge in [0.05, 0.1) is 17.2 Å². The molecule has 0 aliphatic rings. The van der Waals surface area contributed by atoms with Crippen LogP contribution in [0.2, 0.25) is 5.02 Å². The quantitative estimate of drug-likeness (QED) is 0.410. The van der Waals surface area contributed by atoms with Gasteiger partial charge in [-0.1, -0.05) is 41.9 Å². The molecule has 0 aromatic heterocycles. The van der Waals surface area contributed by atoms with Crippen LogP contribution in [0.15, 0.2) is 64.5 Å². The van der Waals surface area contributed by atoms with Crippen LogP contribution >= 0.6 is 11.6 Å². The molecule has 0 bridgehead atoms. The first-order valence-corrected chi connectivity index (χ1v) is 10.6. The van der Waals surface area contributed by atoms with Gasteiger partial charge >= 0.3 is 0 Å². The Morgan fingerprint density at radius 1 is 1.08 bits per heavy atom. The minimum atomic E-state index is -3.25. The van der Waals surface area contributed by atoms with Gasteiger partial charge in [-0.2, -0.15) is 0 Å². The van der Waals surface area contributed by atoms with Crippen LogP contribution < -0.4 is 10.6 Å². The van der Waals surface area contributed by atoms with E-state index in [1.807, 2.05) is 31.2 Å². The van der Waals surface area contributed by atoms with Crippen molar-refractivity contribution in [2.24, 2.45) is 4.99 Å². The molecule has 0 aliphatic heterocycles. The van der Waals surface area contributed by atoms with Crippen molar-refractivity contribution in [2.45, 2.75) is 24.8 Å². The Balaban J connectivity index is 1.85. The zero-order chi connectivity index (χ0) is 18.8. The topological polar surface area (TPSA) is 70.6 Å². The molecule has 26 heavy (non-hydrogen) atoms. The fourth-order valence-corrected chi connectivity index (χ4v) is 3.91. The lowest BCUT2D eigenvalue weighted by atomic mass is 10.2. The van der Waals surface area contributed by atoms with Gasteiger partial charge in [-0.25, -0.2) is 13.4 Å². The molecule has 0 heterocycles. The minimum Gasteiger partial charge on any atom is -0.357 e. The number of rotatable bonds is 8. The average molecular weight is 394 g/mol. The first kappa shape index (κ1) is 20.3. The number of sulfone groups is 1. The molecule has 0 radical (unpaired) electrons. The number of nitrogens with zero attached hydrogens (tertiary/aromatic N) is 1. The van der Waals surface area contributed by atoms with Crippen molar-refractivity contribution in [1.82, 2.24) is 10.6 Å². The molecule has 0 spiro atoms. The Bertz CT molecular complexity index is 824. The zero-order valence-electron chi connectivity index (χ0n) is 14.8. The molecular weight excluding hydrogens is 370 g/mol. The number of hydrogen-bond donors (Lipinski definition) is 2. The van der Waals surface area contributed by atoms with Crippen molar-refractivity contribution in [1.29, 1.82) is 0 Å². The van der Waals surface area contributed by atoms with E-state index in [1.165, 1.54) is 0 Å². The molecule has 2 N–H and O–H groups in total. The van der Waals surface area contributed by atoms with Crippen LogP contribution in [0.4, 0.5) is 0 Å². The predicted octanol–water partition coefficient (Wildman–Crippen LogP) is 3.26. The number of hydrogen-bond acceptors (Lipinski definition) is 3. The van der Waals surface area contributed by atoms with Crippen molar-refractivity contribution in [2.75, 3.05) is 18.8 Å². The monoisotopic (exact) mass is 393 g/mol. The van der Waals surface area contributed by atoms with Crippen LogP contribution in [0.25, 0.3) is 0 Å². The number of halogens is 1. The van der Waals surface area contributed by atoms with E-state index in [0.29, 0.717) is 35.4 Å². The standard InChI is InChI=1S/C19H24ClN3O2S/c1-2-21-19(23-15-16-8-6-9-17(20)14-16)22-12-7-13-26(24,25)18-10-4-3-5-11-18/h3-6,8-11,14H,2,7,12-13,15H2,1H3,(H2,21,22,23). The SMILES string of the molecule is CCNC(=NCc1cccc(Cl)c1)NCCCS(=O)(=O)c1ccccc1. The third-order valence-electron chi connectivity index (χ3n) is 3.64. The molecule has 2 rings (SSSR count). The van der Waals surface area contributed by atoms with Crippen molar-refractivity contribution in [3.05, 3.63) is 65.2 Å². The van der Waals surface area contributed by atoms with Gasteiger partial charge in [-0.15, -0.1) is 0 Å². The number of benzene rings is 2. The number of nitrogens with one attached hydrogen (secondary N) is 2. The summed E-state index contributed by atoms with van der Waals surface area (Å²) in [5.74, 6) is 0.752. The Morgan fingerprint density at radius 3 is 2.54 bits per heavy atom. The highest BCUT2D eigenvalue weighted by molar-refractivity contribution is 7.91. The summed E-state index contributed by atoms with van der Waals surface area (Å²) >= 11 is 5.98. The van der Waals surface area contributed by atoms with Gasteiger partial charge in [-0.05, 0) is 43.2 Å². The van der Waals surface area contributed by atoms with E-state index in [9.17, 15) is 8.42 Å². The molecule has 7 heteroatoms. The molecule has 140 valence electrons. The van der Waals surface area contributed by atoms with Gasteiger partial charge in [0, 0.05) is 18.1 Å². The van der Waals surface area contributed by atoms with Crippen LogP contribution in [0.5, 0.6) is 0 Å². The van der Waals surface area contributed by atoms with Crippen molar-refractivity contribution in [3.8, 4) is 0 Å². The van der Waals surface area contributed by atoms with Crippen molar-refractivity contribution < 1.29 is 8.42 Å². The normalized spacial score (nSPS) is 12.0. The summed E-state index contributed by atoms with van der Waals surface area (Å²) in [5, 5.41) is 7.01. The second kappa shape index (κ2) is 10.2. The van der Waals surface area contributed by atoms with Gasteiger partial charge in [0.15, 0.2) is 15.8 Å². The summed E-state index contributed by atoms with van der Waals surface area (Å²) in [6.07, 6.45) is 0.499. The van der Waals surface area contributed by atoms with Crippen LogP contribution in [0.3, 0.4) is 0 Å². The average Bonchev–Trinajstić information content (AvgIpc) is 2.64. The molecular formula is C19H24ClN3O2S. The lowest BCUT2D eigenvalue weighted by Gasteiger charge is -2.11. The predicted molar refractivity (Wildman–Crippen MR) is 107 cm³/mol. The van der Waals surface area contributed by atoms with Gasteiger partial charge in [-0.3, -0.25) is 0 Å². The highest BCUT2D eigenvalue weighted by atomic mass is 35.5. The third-order valence-corrected chi connectivity index (χ3v) is 5.69. The van der Waals surface area contributed by atoms with Gasteiger partial charge in [0.25, 0.3) is 0 Å². The summed E-state index contributed by atoms with van der Waals surface area (Å²) in [7, 11) is -3.25. The molecule has 0 saturated carbocycles. The van der Waals surface area contributed by atoms with E-state index in [0.717, 1.165) is 12.1 Å². The molecule has 0 fully saturated rings. The Kier molecular flexibility index (Phi) is 7.94. The molecule has 0 unspecified atom stereocenters. The molecule has 2 aromatic carbocycles. The smallest absolute Gasteiger partial charge is 0.191 e. The molecule has 0 atom stereocenters. The molecule has 2 aromatic rings. The van der Waals surface area contributed by atoms with Crippen LogP contribution in [0, 0.1) is 0 Å². The fraction of sp³-hybridized carbons (Fsp3) is 0.316. The van der Waals surface area contributed by atoms with E-state index in [1.54, 1.807) is 30.3 Å². The van der Waals surface area contributed by atoms with Gasteiger partial charge < -0.3 is 10.6 Å². The third kappa shape index (κ3) is 6.69. The van der Waals surface area contributed by atoms with Crippen LogP contribution in [-0.4, -0.2) is 33.2 Å². The summed E-state index contributed by atoms with van der Waals surface area (Å²) in [5.41, 5.74) is 1.02. The Labute approximate surface area is 160 Å². The van der Waals surface area contributed by atoms with Crippen LogP contribution in [-0.2, 0) is 16.4 Å². The zero-order valence-corrected chi connectivity index (χ0v) is 16.4. The number of aliphatic imine (C=N–C) groups is 1. The first-order chi connectivity index (χ1) is 12.5. The summed E-state index contributed by atoms with van der Waals surface area (Å²) in [6, 6.07) is 16.1. The maximum Gasteiger partial charge on any atom is 0.191 e. The summed E-state index contributed by atoms with van der Waals surface area (Å²) in [4.78, 5) is 4.87. The molecule has 0 saturated heterocycles.